The Bertz CT molecular complexity index is 1200. The molecule has 0 unspecified atom stereocenters. The lowest BCUT2D eigenvalue weighted by Gasteiger charge is -2.19. The van der Waals surface area contributed by atoms with Crippen molar-refractivity contribution in [3.05, 3.63) is 100 Å². The van der Waals surface area contributed by atoms with Crippen LogP contribution in [0.5, 0.6) is 5.75 Å². The van der Waals surface area contributed by atoms with E-state index in [9.17, 15) is 14.7 Å². The van der Waals surface area contributed by atoms with Crippen LogP contribution in [0.2, 0.25) is 5.02 Å². The molecule has 0 aliphatic carbocycles. The van der Waals surface area contributed by atoms with Crippen molar-refractivity contribution < 1.29 is 19.8 Å². The number of amidine groups is 1. The summed E-state index contributed by atoms with van der Waals surface area (Å²) in [6, 6.07) is 19.4. The van der Waals surface area contributed by atoms with E-state index < -0.39 is 5.97 Å². The van der Waals surface area contributed by atoms with Gasteiger partial charge in [-0.1, -0.05) is 35.9 Å². The number of hydrogen-bond acceptors (Lipinski definition) is 4. The molecular weight excluding hydrogens is 404 g/mol. The molecule has 0 saturated heterocycles. The first-order valence-electron chi connectivity index (χ1n) is 8.96. The quantitative estimate of drug-likeness (QED) is 0.607. The van der Waals surface area contributed by atoms with Crippen LogP contribution in [-0.4, -0.2) is 27.9 Å². The Labute approximate surface area is 177 Å². The molecular formula is C23H15ClN2O4. The Kier molecular flexibility index (Phi) is 5.08. The Hall–Kier alpha value is -3.90. The number of nitrogens with zero attached hydrogens (tertiary/aromatic N) is 2. The molecule has 2 N–H and O–H groups in total. The lowest BCUT2D eigenvalue weighted by molar-refractivity contribution is -0.113. The first-order valence-corrected chi connectivity index (χ1v) is 9.34. The Morgan fingerprint density at radius 3 is 2.27 bits per heavy atom. The van der Waals surface area contributed by atoms with Crippen LogP contribution >= 0.6 is 11.6 Å². The number of carbonyl (C=O) groups excluding carboxylic acids is 1. The number of phenolic OH excluding ortho intramolecular Hbond substituents is 1. The number of carbonyl (C=O) groups is 2. The van der Waals surface area contributed by atoms with E-state index >= 15 is 0 Å². The third-order valence-electron chi connectivity index (χ3n) is 4.54. The summed E-state index contributed by atoms with van der Waals surface area (Å²) in [7, 11) is 0. The number of rotatable bonds is 4. The van der Waals surface area contributed by atoms with Gasteiger partial charge in [0.25, 0.3) is 5.91 Å². The van der Waals surface area contributed by atoms with Gasteiger partial charge >= 0.3 is 5.97 Å². The molecule has 1 amide bonds. The largest absolute Gasteiger partial charge is 0.508 e. The number of halogens is 1. The second-order valence-electron chi connectivity index (χ2n) is 6.53. The summed E-state index contributed by atoms with van der Waals surface area (Å²) in [4.78, 5) is 30.2. The van der Waals surface area contributed by atoms with Gasteiger partial charge in [-0.05, 0) is 60.2 Å². The smallest absolute Gasteiger partial charge is 0.335 e. The summed E-state index contributed by atoms with van der Waals surface area (Å²) in [6.45, 7) is 0. The van der Waals surface area contributed by atoms with Crippen LogP contribution in [0.1, 0.15) is 21.5 Å². The van der Waals surface area contributed by atoms with Crippen molar-refractivity contribution in [3.63, 3.8) is 0 Å². The molecule has 0 fully saturated rings. The second-order valence-corrected chi connectivity index (χ2v) is 6.94. The third-order valence-corrected chi connectivity index (χ3v) is 4.87. The molecule has 6 nitrogen and oxygen atoms in total. The molecule has 1 aliphatic rings. The number of benzene rings is 3. The van der Waals surface area contributed by atoms with Crippen molar-refractivity contribution in [2.45, 2.75) is 0 Å². The van der Waals surface area contributed by atoms with Crippen LogP contribution < -0.4 is 4.90 Å². The maximum Gasteiger partial charge on any atom is 0.335 e. The average Bonchev–Trinajstić information content (AvgIpc) is 3.05. The van der Waals surface area contributed by atoms with E-state index in [2.05, 4.69) is 4.99 Å². The van der Waals surface area contributed by atoms with Crippen LogP contribution in [0.15, 0.2) is 83.5 Å². The van der Waals surface area contributed by atoms with E-state index in [-0.39, 0.29) is 22.9 Å². The topological polar surface area (TPSA) is 90.2 Å². The summed E-state index contributed by atoms with van der Waals surface area (Å²) < 4.78 is 0. The highest BCUT2D eigenvalue weighted by molar-refractivity contribution is 6.39. The van der Waals surface area contributed by atoms with E-state index in [4.69, 9.17) is 16.7 Å². The minimum absolute atomic E-state index is 0.0796. The number of aliphatic imine (C=N–C) groups is 1. The maximum absolute atomic E-state index is 13.2. The van der Waals surface area contributed by atoms with Crippen LogP contribution in [0.25, 0.3) is 6.08 Å². The van der Waals surface area contributed by atoms with Crippen molar-refractivity contribution in [2.75, 3.05) is 4.90 Å². The molecule has 3 aromatic carbocycles. The number of anilines is 1. The van der Waals surface area contributed by atoms with Crippen molar-refractivity contribution in [1.29, 1.82) is 0 Å². The number of phenols is 1. The zero-order valence-corrected chi connectivity index (χ0v) is 16.2. The number of carboxylic acid groups (broad SMARTS) is 1. The molecule has 4 rings (SSSR count). The molecule has 0 saturated carbocycles. The molecule has 3 aromatic rings. The maximum atomic E-state index is 13.2. The fourth-order valence-electron chi connectivity index (χ4n) is 3.06. The monoisotopic (exact) mass is 418 g/mol. The van der Waals surface area contributed by atoms with Gasteiger partial charge in [0.05, 0.1) is 16.3 Å². The van der Waals surface area contributed by atoms with Gasteiger partial charge in [-0.3, -0.25) is 9.69 Å². The van der Waals surface area contributed by atoms with Crippen LogP contribution in [0.3, 0.4) is 0 Å². The van der Waals surface area contributed by atoms with E-state index in [1.54, 1.807) is 54.6 Å². The highest BCUT2D eigenvalue weighted by Gasteiger charge is 2.33. The molecule has 0 spiro atoms. The van der Waals surface area contributed by atoms with E-state index in [1.807, 2.05) is 0 Å². The minimum Gasteiger partial charge on any atom is -0.508 e. The summed E-state index contributed by atoms with van der Waals surface area (Å²) in [5.41, 5.74) is 2.09. The normalized spacial score (nSPS) is 14.8. The van der Waals surface area contributed by atoms with Crippen LogP contribution in [0, 0.1) is 0 Å². The van der Waals surface area contributed by atoms with Crippen molar-refractivity contribution in [1.82, 2.24) is 0 Å². The first-order chi connectivity index (χ1) is 14.4. The lowest BCUT2D eigenvalue weighted by Crippen LogP contribution is -2.32. The molecule has 1 aliphatic heterocycles. The van der Waals surface area contributed by atoms with E-state index in [0.717, 1.165) is 0 Å². The number of hydrogen-bond donors (Lipinski definition) is 2. The zero-order chi connectivity index (χ0) is 21.3. The summed E-state index contributed by atoms with van der Waals surface area (Å²) in [5, 5.41) is 19.1. The highest BCUT2D eigenvalue weighted by Crippen LogP contribution is 2.31. The Morgan fingerprint density at radius 2 is 1.63 bits per heavy atom. The van der Waals surface area contributed by atoms with Gasteiger partial charge < -0.3 is 10.2 Å². The second kappa shape index (κ2) is 7.85. The third kappa shape index (κ3) is 3.68. The van der Waals surface area contributed by atoms with Gasteiger partial charge in [0.15, 0.2) is 0 Å². The van der Waals surface area contributed by atoms with E-state index in [0.29, 0.717) is 27.7 Å². The van der Waals surface area contributed by atoms with Crippen LogP contribution in [0.4, 0.5) is 5.69 Å². The summed E-state index contributed by atoms with van der Waals surface area (Å²) >= 11 is 6.35. The predicted molar refractivity (Wildman–Crippen MR) is 115 cm³/mol. The number of aromatic carboxylic acids is 1. The minimum atomic E-state index is -1.02. The lowest BCUT2D eigenvalue weighted by atomic mass is 10.1. The van der Waals surface area contributed by atoms with Gasteiger partial charge in [0, 0.05) is 5.56 Å². The fraction of sp³-hybridized carbons (Fsp3) is 0. The van der Waals surface area contributed by atoms with Crippen LogP contribution in [-0.2, 0) is 4.79 Å². The number of carboxylic acids is 1. The zero-order valence-electron chi connectivity index (χ0n) is 15.5. The highest BCUT2D eigenvalue weighted by atomic mass is 35.5. The number of aromatic hydroxyl groups is 1. The molecule has 7 heteroatoms. The van der Waals surface area contributed by atoms with Gasteiger partial charge in [0.2, 0.25) is 0 Å². The molecule has 0 aromatic heterocycles. The number of amides is 1. The van der Waals surface area contributed by atoms with Gasteiger partial charge in [-0.25, -0.2) is 9.79 Å². The van der Waals surface area contributed by atoms with Crippen molar-refractivity contribution in [2.24, 2.45) is 4.99 Å². The molecule has 0 radical (unpaired) electrons. The van der Waals surface area contributed by atoms with Gasteiger partial charge in [0.1, 0.15) is 17.3 Å². The first kappa shape index (κ1) is 19.4. The van der Waals surface area contributed by atoms with Crippen molar-refractivity contribution in [3.8, 4) is 5.75 Å². The van der Waals surface area contributed by atoms with Gasteiger partial charge in [-0.2, -0.15) is 0 Å². The molecule has 0 bridgehead atoms. The molecule has 1 heterocycles. The average molecular weight is 419 g/mol. The standard InChI is InChI=1S/C23H15ClN2O4/c24-19-4-2-1-3-18(19)21-25-20(13-14-5-7-15(8-6-14)23(29)30)22(28)26(21)16-9-11-17(27)12-10-16/h1-13,27H,(H,29,30)/b20-13+. The molecule has 148 valence electrons. The SMILES string of the molecule is O=C(O)c1ccc(/C=C2/N=C(c3ccccc3Cl)N(c3ccc(O)cc3)C2=O)cc1. The predicted octanol–water partition coefficient (Wildman–Crippen LogP) is 4.58. The summed E-state index contributed by atoms with van der Waals surface area (Å²) in [6.07, 6.45) is 1.59. The van der Waals surface area contributed by atoms with Crippen molar-refractivity contribution >= 4 is 41.1 Å². The molecule has 0 atom stereocenters. The summed E-state index contributed by atoms with van der Waals surface area (Å²) in [5.74, 6) is -0.942. The molecule has 30 heavy (non-hydrogen) atoms. The Balaban J connectivity index is 1.80. The van der Waals surface area contributed by atoms with Gasteiger partial charge in [-0.15, -0.1) is 0 Å². The Morgan fingerprint density at radius 1 is 0.967 bits per heavy atom. The van der Waals surface area contributed by atoms with E-state index in [1.165, 1.54) is 29.2 Å². The fourth-order valence-corrected chi connectivity index (χ4v) is 3.28.